The van der Waals surface area contributed by atoms with Gasteiger partial charge in [-0.05, 0) is 12.6 Å². The van der Waals surface area contributed by atoms with Crippen molar-refractivity contribution >= 4 is 5.82 Å². The van der Waals surface area contributed by atoms with Crippen molar-refractivity contribution in [2.75, 3.05) is 18.9 Å². The van der Waals surface area contributed by atoms with Gasteiger partial charge in [-0.1, -0.05) is 18.2 Å². The first-order chi connectivity index (χ1) is 9.95. The van der Waals surface area contributed by atoms with Gasteiger partial charge < -0.3 is 11.1 Å². The molecule has 7 heteroatoms. The minimum Gasteiger partial charge on any atom is -0.373 e. The highest BCUT2D eigenvalue weighted by molar-refractivity contribution is 5.63. The second-order valence-corrected chi connectivity index (χ2v) is 4.40. The van der Waals surface area contributed by atoms with Crippen LogP contribution in [0.5, 0.6) is 0 Å². The first-order valence-corrected chi connectivity index (χ1v) is 6.38. The minimum absolute atomic E-state index is 0.0400. The molecule has 0 unspecified atom stereocenters. The Morgan fingerprint density at radius 1 is 1.19 bits per heavy atom. The Balaban J connectivity index is 2.59. The molecule has 0 spiro atoms. The number of hydrogen-bond donors (Lipinski definition) is 2. The van der Waals surface area contributed by atoms with Crippen LogP contribution >= 0.6 is 0 Å². The fraction of sp³-hybridized carbons (Fsp3) is 0.286. The maximum absolute atomic E-state index is 13.1. The van der Waals surface area contributed by atoms with E-state index in [4.69, 9.17) is 5.73 Å². The van der Waals surface area contributed by atoms with Gasteiger partial charge in [0.05, 0.1) is 5.56 Å². The van der Waals surface area contributed by atoms with Gasteiger partial charge in [0.2, 0.25) is 0 Å². The standard InChI is InChI=1S/C14H15F3N4/c1-19-12-8-9(6-7-18)20-13(21-12)10-4-2-3-5-11(10)14(15,16)17/h2-5,8H,6-7,18H2,1H3,(H,19,20,21). The van der Waals surface area contributed by atoms with E-state index in [1.165, 1.54) is 18.2 Å². The molecule has 1 heterocycles. The third-order valence-electron chi connectivity index (χ3n) is 2.91. The lowest BCUT2D eigenvalue weighted by atomic mass is 10.1. The summed E-state index contributed by atoms with van der Waals surface area (Å²) in [6.45, 7) is 0.362. The van der Waals surface area contributed by atoms with Crippen LogP contribution in [-0.4, -0.2) is 23.6 Å². The van der Waals surface area contributed by atoms with Gasteiger partial charge >= 0.3 is 6.18 Å². The summed E-state index contributed by atoms with van der Waals surface area (Å²) >= 11 is 0. The number of nitrogens with one attached hydrogen (secondary N) is 1. The van der Waals surface area contributed by atoms with Crippen LogP contribution in [0.25, 0.3) is 11.4 Å². The maximum Gasteiger partial charge on any atom is 0.417 e. The molecule has 0 radical (unpaired) electrons. The van der Waals surface area contributed by atoms with Gasteiger partial charge in [0.25, 0.3) is 0 Å². The van der Waals surface area contributed by atoms with Gasteiger partial charge in [-0.25, -0.2) is 9.97 Å². The Morgan fingerprint density at radius 3 is 2.52 bits per heavy atom. The van der Waals surface area contributed by atoms with E-state index < -0.39 is 11.7 Å². The van der Waals surface area contributed by atoms with Crippen LogP contribution in [-0.2, 0) is 12.6 Å². The largest absolute Gasteiger partial charge is 0.417 e. The molecule has 21 heavy (non-hydrogen) atoms. The van der Waals surface area contributed by atoms with Crippen LogP contribution in [0.3, 0.4) is 0 Å². The monoisotopic (exact) mass is 296 g/mol. The first kappa shape index (κ1) is 15.2. The molecular formula is C14H15F3N4. The fourth-order valence-electron chi connectivity index (χ4n) is 1.95. The van der Waals surface area contributed by atoms with Crippen LogP contribution in [0.1, 0.15) is 11.3 Å². The number of rotatable bonds is 4. The number of anilines is 1. The number of hydrogen-bond acceptors (Lipinski definition) is 4. The zero-order valence-electron chi connectivity index (χ0n) is 11.4. The summed E-state index contributed by atoms with van der Waals surface area (Å²) in [7, 11) is 1.65. The number of nitrogens with zero attached hydrogens (tertiary/aromatic N) is 2. The van der Waals surface area contributed by atoms with E-state index in [1.54, 1.807) is 13.1 Å². The van der Waals surface area contributed by atoms with Crippen LogP contribution in [0.4, 0.5) is 19.0 Å². The quantitative estimate of drug-likeness (QED) is 0.910. The molecule has 0 fully saturated rings. The summed E-state index contributed by atoms with van der Waals surface area (Å²) in [5.74, 6) is 0.499. The Hall–Kier alpha value is -2.15. The van der Waals surface area contributed by atoms with Gasteiger partial charge in [-0.3, -0.25) is 0 Å². The van der Waals surface area contributed by atoms with Gasteiger partial charge in [-0.2, -0.15) is 13.2 Å². The van der Waals surface area contributed by atoms with E-state index in [1.807, 2.05) is 0 Å². The highest BCUT2D eigenvalue weighted by Gasteiger charge is 2.34. The van der Waals surface area contributed by atoms with Crippen molar-refractivity contribution in [2.24, 2.45) is 5.73 Å². The lowest BCUT2D eigenvalue weighted by molar-refractivity contribution is -0.137. The van der Waals surface area contributed by atoms with Gasteiger partial charge in [0.15, 0.2) is 5.82 Å². The second-order valence-electron chi connectivity index (χ2n) is 4.40. The summed E-state index contributed by atoms with van der Waals surface area (Å²) in [6, 6.07) is 6.93. The van der Waals surface area contributed by atoms with E-state index in [9.17, 15) is 13.2 Å². The summed E-state index contributed by atoms with van der Waals surface area (Å²) in [4.78, 5) is 8.30. The molecule has 2 rings (SSSR count). The number of halogens is 3. The SMILES string of the molecule is CNc1cc(CCN)nc(-c2ccccc2C(F)(F)F)n1. The van der Waals surface area contributed by atoms with Crippen molar-refractivity contribution in [1.82, 2.24) is 9.97 Å². The van der Waals surface area contributed by atoms with Gasteiger partial charge in [0, 0.05) is 30.8 Å². The van der Waals surface area contributed by atoms with E-state index in [-0.39, 0.29) is 11.4 Å². The predicted octanol–water partition coefficient (Wildman–Crippen LogP) is 2.71. The van der Waals surface area contributed by atoms with Gasteiger partial charge in [0.1, 0.15) is 5.82 Å². The topological polar surface area (TPSA) is 63.8 Å². The number of benzene rings is 1. The number of aromatic nitrogens is 2. The second kappa shape index (κ2) is 6.09. The predicted molar refractivity (Wildman–Crippen MR) is 74.8 cm³/mol. The van der Waals surface area contributed by atoms with Crippen molar-refractivity contribution in [3.8, 4) is 11.4 Å². The average Bonchev–Trinajstić information content (AvgIpc) is 2.46. The third kappa shape index (κ3) is 3.49. The molecular weight excluding hydrogens is 281 g/mol. The molecule has 1 aromatic heterocycles. The van der Waals surface area contributed by atoms with Crippen molar-refractivity contribution in [3.63, 3.8) is 0 Å². The molecule has 4 nitrogen and oxygen atoms in total. The molecule has 0 bridgehead atoms. The molecule has 0 saturated carbocycles. The van der Waals surface area contributed by atoms with E-state index in [2.05, 4.69) is 15.3 Å². The lowest BCUT2D eigenvalue weighted by Gasteiger charge is -2.13. The summed E-state index contributed by atoms with van der Waals surface area (Å²) in [5, 5.41) is 2.82. The molecule has 0 aliphatic rings. The van der Waals surface area contributed by atoms with E-state index in [0.29, 0.717) is 24.5 Å². The Kier molecular flexibility index (Phi) is 4.42. The molecule has 0 saturated heterocycles. The van der Waals surface area contributed by atoms with Crippen LogP contribution in [0.2, 0.25) is 0 Å². The average molecular weight is 296 g/mol. The van der Waals surface area contributed by atoms with E-state index >= 15 is 0 Å². The van der Waals surface area contributed by atoms with Crippen LogP contribution < -0.4 is 11.1 Å². The van der Waals surface area contributed by atoms with Crippen molar-refractivity contribution in [1.29, 1.82) is 0 Å². The van der Waals surface area contributed by atoms with E-state index in [0.717, 1.165) is 6.07 Å². The Morgan fingerprint density at radius 2 is 1.90 bits per heavy atom. The Bertz CT molecular complexity index is 626. The fourth-order valence-corrected chi connectivity index (χ4v) is 1.95. The van der Waals surface area contributed by atoms with Crippen molar-refractivity contribution in [3.05, 3.63) is 41.6 Å². The smallest absolute Gasteiger partial charge is 0.373 e. The highest BCUT2D eigenvalue weighted by Crippen LogP contribution is 2.36. The molecule has 0 amide bonds. The normalized spacial score (nSPS) is 11.5. The molecule has 0 aliphatic carbocycles. The molecule has 1 aromatic carbocycles. The lowest BCUT2D eigenvalue weighted by Crippen LogP contribution is -2.10. The number of alkyl halides is 3. The molecule has 0 atom stereocenters. The van der Waals surface area contributed by atoms with Crippen LogP contribution in [0.15, 0.2) is 30.3 Å². The summed E-state index contributed by atoms with van der Waals surface area (Å²) in [6.07, 6.45) is -3.98. The zero-order valence-corrected chi connectivity index (χ0v) is 11.4. The third-order valence-corrected chi connectivity index (χ3v) is 2.91. The number of nitrogens with two attached hydrogens (primary N) is 1. The molecule has 0 aliphatic heterocycles. The van der Waals surface area contributed by atoms with Crippen LogP contribution in [0, 0.1) is 0 Å². The molecule has 112 valence electrons. The summed E-state index contributed by atoms with van der Waals surface area (Å²) in [5.41, 5.74) is 5.29. The molecule has 2 aromatic rings. The summed E-state index contributed by atoms with van der Waals surface area (Å²) < 4.78 is 39.2. The molecule has 3 N–H and O–H groups in total. The minimum atomic E-state index is -4.45. The van der Waals surface area contributed by atoms with Gasteiger partial charge in [-0.15, -0.1) is 0 Å². The Labute approximate surface area is 120 Å². The zero-order chi connectivity index (χ0) is 15.5. The maximum atomic E-state index is 13.1. The van der Waals surface area contributed by atoms with Crippen molar-refractivity contribution < 1.29 is 13.2 Å². The first-order valence-electron chi connectivity index (χ1n) is 6.38. The van der Waals surface area contributed by atoms with Crippen molar-refractivity contribution in [2.45, 2.75) is 12.6 Å². The highest BCUT2D eigenvalue weighted by atomic mass is 19.4.